The minimum atomic E-state index is -0.932. The predicted molar refractivity (Wildman–Crippen MR) is 66.4 cm³/mol. The molecule has 1 saturated heterocycles. The highest BCUT2D eigenvalue weighted by molar-refractivity contribution is 5.83. The van der Waals surface area contributed by atoms with Gasteiger partial charge in [0.25, 0.3) is 0 Å². The van der Waals surface area contributed by atoms with Gasteiger partial charge >= 0.3 is 12.0 Å². The Morgan fingerprint density at radius 2 is 2.22 bits per heavy atom. The number of ether oxygens (including phenoxy) is 1. The van der Waals surface area contributed by atoms with E-state index in [4.69, 9.17) is 9.84 Å². The molecule has 0 aliphatic carbocycles. The molecule has 18 heavy (non-hydrogen) atoms. The van der Waals surface area contributed by atoms with Gasteiger partial charge in [-0.15, -0.1) is 0 Å². The summed E-state index contributed by atoms with van der Waals surface area (Å²) >= 11 is 0. The van der Waals surface area contributed by atoms with E-state index in [9.17, 15) is 9.59 Å². The fourth-order valence-electron chi connectivity index (χ4n) is 1.92. The zero-order valence-electron chi connectivity index (χ0n) is 11.0. The third-order valence-electron chi connectivity index (χ3n) is 2.77. The van der Waals surface area contributed by atoms with Gasteiger partial charge in [0, 0.05) is 19.7 Å². The summed E-state index contributed by atoms with van der Waals surface area (Å²) in [6, 6.07) is -0.991. The normalized spacial score (nSPS) is 19.3. The Kier molecular flexibility index (Phi) is 5.91. The van der Waals surface area contributed by atoms with Crippen LogP contribution in [0.1, 0.15) is 26.7 Å². The lowest BCUT2D eigenvalue weighted by Gasteiger charge is -2.21. The van der Waals surface area contributed by atoms with Crippen molar-refractivity contribution in [3.8, 4) is 0 Å². The molecule has 0 aromatic heterocycles. The first-order chi connectivity index (χ1) is 8.52. The number of hydrogen-bond donors (Lipinski definition) is 2. The van der Waals surface area contributed by atoms with Gasteiger partial charge < -0.3 is 20.1 Å². The molecule has 1 aliphatic rings. The highest BCUT2D eigenvalue weighted by Gasteiger charge is 2.33. The van der Waals surface area contributed by atoms with Gasteiger partial charge in [0.15, 0.2) is 0 Å². The summed E-state index contributed by atoms with van der Waals surface area (Å²) in [4.78, 5) is 24.1. The third kappa shape index (κ3) is 4.52. The molecule has 0 spiro atoms. The molecule has 2 amide bonds. The highest BCUT2D eigenvalue weighted by Crippen LogP contribution is 2.16. The molecule has 0 unspecified atom stereocenters. The zero-order chi connectivity index (χ0) is 13.5. The van der Waals surface area contributed by atoms with Crippen molar-refractivity contribution in [3.63, 3.8) is 0 Å². The average molecular weight is 258 g/mol. The summed E-state index contributed by atoms with van der Waals surface area (Å²) in [5.41, 5.74) is 0. The number of carboxylic acids is 1. The number of carbonyl (C=O) groups excluding carboxylic acids is 1. The van der Waals surface area contributed by atoms with Crippen LogP contribution < -0.4 is 5.32 Å². The van der Waals surface area contributed by atoms with Crippen LogP contribution in [0.4, 0.5) is 4.79 Å². The first-order valence-corrected chi connectivity index (χ1v) is 6.37. The second-order valence-electron chi connectivity index (χ2n) is 4.89. The molecule has 0 aromatic rings. The minimum absolute atomic E-state index is 0.312. The van der Waals surface area contributed by atoms with Gasteiger partial charge in [-0.3, -0.25) is 0 Å². The molecule has 104 valence electrons. The van der Waals surface area contributed by atoms with Crippen LogP contribution in [0.5, 0.6) is 0 Å². The summed E-state index contributed by atoms with van der Waals surface area (Å²) < 4.78 is 5.33. The van der Waals surface area contributed by atoms with Crippen LogP contribution in [-0.4, -0.2) is 54.4 Å². The largest absolute Gasteiger partial charge is 0.480 e. The molecule has 1 aliphatic heterocycles. The van der Waals surface area contributed by atoms with E-state index in [1.807, 2.05) is 0 Å². The smallest absolute Gasteiger partial charge is 0.326 e. The molecule has 6 nitrogen and oxygen atoms in total. The first kappa shape index (κ1) is 14.8. The summed E-state index contributed by atoms with van der Waals surface area (Å²) in [6.45, 7) is 6.15. The number of carbonyl (C=O) groups is 2. The zero-order valence-corrected chi connectivity index (χ0v) is 11.0. The number of carboxylic acid groups (broad SMARTS) is 1. The second-order valence-corrected chi connectivity index (χ2v) is 4.89. The van der Waals surface area contributed by atoms with E-state index in [0.717, 1.165) is 6.42 Å². The molecule has 0 saturated carbocycles. The Hall–Kier alpha value is -1.30. The molecule has 1 rings (SSSR count). The summed E-state index contributed by atoms with van der Waals surface area (Å²) in [7, 11) is 0. The maximum Gasteiger partial charge on any atom is 0.326 e. The number of nitrogens with zero attached hydrogens (tertiary/aromatic N) is 1. The lowest BCUT2D eigenvalue weighted by molar-refractivity contribution is -0.141. The molecular weight excluding hydrogens is 236 g/mol. The van der Waals surface area contributed by atoms with Crippen LogP contribution in [0.3, 0.4) is 0 Å². The fraction of sp³-hybridized carbons (Fsp3) is 0.833. The van der Waals surface area contributed by atoms with E-state index < -0.39 is 12.0 Å². The Labute approximate surface area is 107 Å². The monoisotopic (exact) mass is 258 g/mol. The lowest BCUT2D eigenvalue weighted by atomic mass is 10.2. The van der Waals surface area contributed by atoms with Crippen LogP contribution in [0.15, 0.2) is 0 Å². The van der Waals surface area contributed by atoms with Gasteiger partial charge in [-0.05, 0) is 18.8 Å². The van der Waals surface area contributed by atoms with E-state index in [-0.39, 0.29) is 6.03 Å². The van der Waals surface area contributed by atoms with Crippen LogP contribution in [-0.2, 0) is 9.53 Å². The van der Waals surface area contributed by atoms with Crippen molar-refractivity contribution < 1.29 is 19.4 Å². The standard InChI is InChI=1S/C12H22N2O4/c1-9(2)8-18-7-5-13-12(17)14-6-3-4-10(14)11(15)16/h9-10H,3-8H2,1-2H3,(H,13,17)(H,15,16)/t10-/m0/s1. The Morgan fingerprint density at radius 1 is 1.50 bits per heavy atom. The number of aliphatic carboxylic acids is 1. The Balaban J connectivity index is 2.22. The number of likely N-dealkylation sites (tertiary alicyclic amines) is 1. The van der Waals surface area contributed by atoms with Crippen molar-refractivity contribution in [2.45, 2.75) is 32.7 Å². The van der Waals surface area contributed by atoms with Crippen LogP contribution in [0.2, 0.25) is 0 Å². The summed E-state index contributed by atoms with van der Waals surface area (Å²) in [5.74, 6) is -0.464. The van der Waals surface area contributed by atoms with Gasteiger partial charge in [-0.1, -0.05) is 13.8 Å². The van der Waals surface area contributed by atoms with E-state index in [1.165, 1.54) is 4.90 Å². The van der Waals surface area contributed by atoms with Crippen molar-refractivity contribution >= 4 is 12.0 Å². The highest BCUT2D eigenvalue weighted by atomic mass is 16.5. The van der Waals surface area contributed by atoms with E-state index in [0.29, 0.717) is 38.6 Å². The number of rotatable bonds is 6. The average Bonchev–Trinajstić information content (AvgIpc) is 2.76. The molecule has 0 aromatic carbocycles. The fourth-order valence-corrected chi connectivity index (χ4v) is 1.92. The summed E-state index contributed by atoms with van der Waals surface area (Å²) in [6.07, 6.45) is 1.28. The molecule has 2 N–H and O–H groups in total. The van der Waals surface area contributed by atoms with E-state index in [2.05, 4.69) is 19.2 Å². The Morgan fingerprint density at radius 3 is 2.83 bits per heavy atom. The molecule has 1 fully saturated rings. The van der Waals surface area contributed by atoms with Crippen LogP contribution >= 0.6 is 0 Å². The minimum Gasteiger partial charge on any atom is -0.480 e. The number of urea groups is 1. The summed E-state index contributed by atoms with van der Waals surface area (Å²) in [5, 5.41) is 11.6. The maximum atomic E-state index is 11.8. The molecule has 0 bridgehead atoms. The quantitative estimate of drug-likeness (QED) is 0.694. The van der Waals surface area contributed by atoms with Crippen molar-refractivity contribution in [3.05, 3.63) is 0 Å². The number of amides is 2. The molecule has 1 atom stereocenters. The maximum absolute atomic E-state index is 11.8. The first-order valence-electron chi connectivity index (χ1n) is 6.37. The van der Waals surface area contributed by atoms with Crippen LogP contribution in [0.25, 0.3) is 0 Å². The molecular formula is C12H22N2O4. The second kappa shape index (κ2) is 7.20. The Bertz CT molecular complexity index is 294. The van der Waals surface area contributed by atoms with E-state index >= 15 is 0 Å². The topological polar surface area (TPSA) is 78.9 Å². The van der Waals surface area contributed by atoms with Gasteiger partial charge in [0.2, 0.25) is 0 Å². The van der Waals surface area contributed by atoms with Gasteiger partial charge in [0.1, 0.15) is 6.04 Å². The third-order valence-corrected chi connectivity index (χ3v) is 2.77. The van der Waals surface area contributed by atoms with Crippen molar-refractivity contribution in [1.82, 2.24) is 10.2 Å². The van der Waals surface area contributed by atoms with Gasteiger partial charge in [-0.2, -0.15) is 0 Å². The number of nitrogens with one attached hydrogen (secondary N) is 1. The van der Waals surface area contributed by atoms with E-state index in [1.54, 1.807) is 0 Å². The molecule has 6 heteroatoms. The van der Waals surface area contributed by atoms with Crippen molar-refractivity contribution in [2.75, 3.05) is 26.3 Å². The van der Waals surface area contributed by atoms with Crippen molar-refractivity contribution in [1.29, 1.82) is 0 Å². The SMILES string of the molecule is CC(C)COCCNC(=O)N1CCC[C@H]1C(=O)O. The number of hydrogen-bond acceptors (Lipinski definition) is 3. The van der Waals surface area contributed by atoms with Crippen LogP contribution in [0, 0.1) is 5.92 Å². The predicted octanol–water partition coefficient (Wildman–Crippen LogP) is 0.918. The van der Waals surface area contributed by atoms with Gasteiger partial charge in [-0.25, -0.2) is 9.59 Å². The lowest BCUT2D eigenvalue weighted by Crippen LogP contribution is -2.46. The van der Waals surface area contributed by atoms with Gasteiger partial charge in [0.05, 0.1) is 6.61 Å². The molecule has 1 heterocycles. The molecule has 0 radical (unpaired) electrons. The van der Waals surface area contributed by atoms with Crippen molar-refractivity contribution in [2.24, 2.45) is 5.92 Å².